The number of hydrogen-bond acceptors (Lipinski definition) is 5. The lowest BCUT2D eigenvalue weighted by Crippen LogP contribution is -2.08. The number of nitro groups is 1. The minimum atomic E-state index is -0.482. The first-order valence-corrected chi connectivity index (χ1v) is 5.09. The maximum Gasteiger partial charge on any atom is 0.314 e. The van der Waals surface area contributed by atoms with Crippen molar-refractivity contribution in [1.29, 1.82) is 0 Å². The van der Waals surface area contributed by atoms with Crippen molar-refractivity contribution < 1.29 is 10.0 Å². The van der Waals surface area contributed by atoms with Crippen LogP contribution in [0.2, 0.25) is 0 Å². The van der Waals surface area contributed by atoms with Gasteiger partial charge in [0.05, 0.1) is 4.92 Å². The lowest BCUT2D eigenvalue weighted by atomic mass is 10.0. The maximum absolute atomic E-state index is 11.0. The van der Waals surface area contributed by atoms with Crippen molar-refractivity contribution >= 4 is 5.69 Å². The SMILES string of the molecule is CC(C)c1nc(O)nc(C(C)C)c1[N+](=O)[O-]. The molecule has 0 saturated carbocycles. The molecule has 0 fully saturated rings. The molecule has 0 aliphatic carbocycles. The van der Waals surface area contributed by atoms with Gasteiger partial charge in [-0.15, -0.1) is 0 Å². The Morgan fingerprint density at radius 1 is 1.12 bits per heavy atom. The fourth-order valence-electron chi connectivity index (χ4n) is 1.47. The second-order valence-corrected chi connectivity index (χ2v) is 4.21. The van der Waals surface area contributed by atoms with Crippen LogP contribution in [0.5, 0.6) is 6.01 Å². The summed E-state index contributed by atoms with van der Waals surface area (Å²) in [6, 6.07) is -0.405. The van der Waals surface area contributed by atoms with Gasteiger partial charge < -0.3 is 5.11 Å². The highest BCUT2D eigenvalue weighted by molar-refractivity contribution is 5.44. The topological polar surface area (TPSA) is 89.2 Å². The van der Waals surface area contributed by atoms with Gasteiger partial charge in [0.2, 0.25) is 0 Å². The summed E-state index contributed by atoms with van der Waals surface area (Å²) in [4.78, 5) is 18.0. The third-order valence-corrected chi connectivity index (χ3v) is 2.20. The molecule has 0 atom stereocenters. The molecule has 6 nitrogen and oxygen atoms in total. The summed E-state index contributed by atoms with van der Waals surface area (Å²) in [5, 5.41) is 20.4. The van der Waals surface area contributed by atoms with E-state index in [1.165, 1.54) is 0 Å². The van der Waals surface area contributed by atoms with Crippen LogP contribution in [-0.4, -0.2) is 20.0 Å². The summed E-state index contributed by atoms with van der Waals surface area (Å²) in [7, 11) is 0. The van der Waals surface area contributed by atoms with Crippen LogP contribution >= 0.6 is 0 Å². The third-order valence-electron chi connectivity index (χ3n) is 2.20. The number of nitrogens with zero attached hydrogens (tertiary/aromatic N) is 3. The van der Waals surface area contributed by atoms with Crippen molar-refractivity contribution in [2.45, 2.75) is 39.5 Å². The summed E-state index contributed by atoms with van der Waals surface area (Å²) in [5.41, 5.74) is 0.477. The minimum absolute atomic E-state index is 0.0807. The van der Waals surface area contributed by atoms with E-state index in [1.807, 2.05) is 0 Å². The normalized spacial score (nSPS) is 11.1. The molecule has 0 spiro atoms. The summed E-state index contributed by atoms with van der Waals surface area (Å²) in [5.74, 6) is -0.265. The molecule has 0 bridgehead atoms. The number of hydrogen-bond donors (Lipinski definition) is 1. The maximum atomic E-state index is 11.0. The first kappa shape index (κ1) is 12.4. The van der Waals surface area contributed by atoms with Crippen LogP contribution in [0.4, 0.5) is 5.69 Å². The van der Waals surface area contributed by atoms with Crippen LogP contribution in [0.1, 0.15) is 50.9 Å². The molecule has 1 rings (SSSR count). The average Bonchev–Trinajstić information content (AvgIpc) is 2.15. The van der Waals surface area contributed by atoms with Crippen LogP contribution in [0.25, 0.3) is 0 Å². The van der Waals surface area contributed by atoms with E-state index in [0.29, 0.717) is 0 Å². The van der Waals surface area contributed by atoms with Gasteiger partial charge in [0.15, 0.2) is 0 Å². The number of aromatic hydroxyl groups is 1. The first-order chi connectivity index (χ1) is 7.34. The zero-order chi connectivity index (χ0) is 12.5. The van der Waals surface area contributed by atoms with Crippen LogP contribution in [0, 0.1) is 10.1 Å². The number of rotatable bonds is 3. The standard InChI is InChI=1S/C10H15N3O3/c1-5(2)7-9(13(15)16)8(6(3)4)12-10(14)11-7/h5-6H,1-4H3,(H,11,12,14). The summed E-state index contributed by atoms with van der Waals surface area (Å²) < 4.78 is 0. The van der Waals surface area contributed by atoms with Crippen LogP contribution in [-0.2, 0) is 0 Å². The van der Waals surface area contributed by atoms with Crippen LogP contribution in [0.15, 0.2) is 0 Å². The molecular weight excluding hydrogens is 210 g/mol. The Bertz CT molecular complexity index is 387. The lowest BCUT2D eigenvalue weighted by Gasteiger charge is -2.11. The molecule has 0 aliphatic heterocycles. The second-order valence-electron chi connectivity index (χ2n) is 4.21. The van der Waals surface area contributed by atoms with Gasteiger partial charge in [-0.2, -0.15) is 9.97 Å². The molecule has 0 radical (unpaired) electrons. The van der Waals surface area contributed by atoms with E-state index in [0.717, 1.165) is 0 Å². The molecule has 1 aromatic heterocycles. The van der Waals surface area contributed by atoms with Gasteiger partial charge >= 0.3 is 11.7 Å². The molecule has 6 heteroatoms. The van der Waals surface area contributed by atoms with Crippen molar-refractivity contribution in [2.75, 3.05) is 0 Å². The Balaban J connectivity index is 3.54. The Hall–Kier alpha value is -1.72. The molecule has 0 aromatic carbocycles. The summed E-state index contributed by atoms with van der Waals surface area (Å²) >= 11 is 0. The molecule has 0 aliphatic rings. The molecule has 1 heterocycles. The van der Waals surface area contributed by atoms with Crippen molar-refractivity contribution in [3.05, 3.63) is 21.5 Å². The van der Waals surface area contributed by atoms with Crippen LogP contribution < -0.4 is 0 Å². The molecule has 0 saturated heterocycles. The van der Waals surface area contributed by atoms with Gasteiger partial charge in [-0.3, -0.25) is 10.1 Å². The van der Waals surface area contributed by atoms with Crippen molar-refractivity contribution in [1.82, 2.24) is 9.97 Å². The molecule has 0 unspecified atom stereocenters. The smallest absolute Gasteiger partial charge is 0.314 e. The third kappa shape index (κ3) is 2.26. The fourth-order valence-corrected chi connectivity index (χ4v) is 1.47. The van der Waals surface area contributed by atoms with Gasteiger partial charge in [-0.1, -0.05) is 27.7 Å². The monoisotopic (exact) mass is 225 g/mol. The largest absolute Gasteiger partial charge is 0.479 e. The Labute approximate surface area is 93.5 Å². The predicted octanol–water partition coefficient (Wildman–Crippen LogP) is 2.34. The molecule has 16 heavy (non-hydrogen) atoms. The van der Waals surface area contributed by atoms with Gasteiger partial charge in [-0.25, -0.2) is 0 Å². The first-order valence-electron chi connectivity index (χ1n) is 5.09. The molecular formula is C10H15N3O3. The highest BCUT2D eigenvalue weighted by atomic mass is 16.6. The van der Waals surface area contributed by atoms with Gasteiger partial charge in [0, 0.05) is 11.8 Å². The molecule has 1 N–H and O–H groups in total. The fraction of sp³-hybridized carbons (Fsp3) is 0.600. The van der Waals surface area contributed by atoms with E-state index < -0.39 is 10.9 Å². The van der Waals surface area contributed by atoms with Gasteiger partial charge in [0.25, 0.3) is 0 Å². The highest BCUT2D eigenvalue weighted by Gasteiger charge is 2.27. The summed E-state index contributed by atoms with van der Waals surface area (Å²) in [6.45, 7) is 7.16. The van der Waals surface area contributed by atoms with E-state index in [9.17, 15) is 15.2 Å². The lowest BCUT2D eigenvalue weighted by molar-refractivity contribution is -0.387. The Morgan fingerprint density at radius 2 is 1.50 bits per heavy atom. The Morgan fingerprint density at radius 3 is 1.75 bits per heavy atom. The van der Waals surface area contributed by atoms with Gasteiger partial charge in [0.1, 0.15) is 11.4 Å². The zero-order valence-electron chi connectivity index (χ0n) is 9.76. The van der Waals surface area contributed by atoms with Crippen molar-refractivity contribution in [2.24, 2.45) is 0 Å². The van der Waals surface area contributed by atoms with E-state index in [1.54, 1.807) is 27.7 Å². The minimum Gasteiger partial charge on any atom is -0.479 e. The number of aromatic nitrogens is 2. The van der Waals surface area contributed by atoms with E-state index >= 15 is 0 Å². The van der Waals surface area contributed by atoms with E-state index in [2.05, 4.69) is 9.97 Å². The Kier molecular flexibility index (Phi) is 3.41. The quantitative estimate of drug-likeness (QED) is 0.629. The van der Waals surface area contributed by atoms with Gasteiger partial charge in [-0.05, 0) is 0 Å². The molecule has 88 valence electrons. The van der Waals surface area contributed by atoms with Crippen molar-refractivity contribution in [3.8, 4) is 6.01 Å². The highest BCUT2D eigenvalue weighted by Crippen LogP contribution is 2.32. The molecule has 0 amide bonds. The van der Waals surface area contributed by atoms with Crippen LogP contribution in [0.3, 0.4) is 0 Å². The van der Waals surface area contributed by atoms with E-state index in [4.69, 9.17) is 0 Å². The molecule has 1 aromatic rings. The van der Waals surface area contributed by atoms with E-state index in [-0.39, 0.29) is 28.9 Å². The average molecular weight is 225 g/mol. The zero-order valence-corrected chi connectivity index (χ0v) is 9.76. The second kappa shape index (κ2) is 4.42. The summed E-state index contributed by atoms with van der Waals surface area (Å²) in [6.07, 6.45) is 0. The van der Waals surface area contributed by atoms with Crippen molar-refractivity contribution in [3.63, 3.8) is 0 Å². The predicted molar refractivity (Wildman–Crippen MR) is 58.5 cm³/mol.